The molecule has 2 aliphatic rings. The molecular formula is C27H32N4O3. The molecule has 5 rings (SSSR count). The first-order valence-corrected chi connectivity index (χ1v) is 11.9. The zero-order valence-electron chi connectivity index (χ0n) is 20.1. The lowest BCUT2D eigenvalue weighted by Crippen LogP contribution is -2.44. The second kappa shape index (κ2) is 9.14. The zero-order chi connectivity index (χ0) is 23.7. The van der Waals surface area contributed by atoms with Gasteiger partial charge in [0.2, 0.25) is 5.91 Å². The van der Waals surface area contributed by atoms with Gasteiger partial charge in [0.25, 0.3) is 0 Å². The molecule has 2 atom stereocenters. The minimum Gasteiger partial charge on any atom is -0.497 e. The van der Waals surface area contributed by atoms with Crippen LogP contribution in [-0.2, 0) is 4.79 Å². The Balaban J connectivity index is 1.50. The fraction of sp³-hybridized carbons (Fsp3) is 0.407. The molecule has 0 saturated carbocycles. The van der Waals surface area contributed by atoms with Crippen LogP contribution in [0.5, 0.6) is 11.5 Å². The SMILES string of the molecule is CNCCOc1ccc(-c2cc(N3CCC4(CC(C)C(=O)N4)C3)c3ccc(OC)cc3n2)cc1. The molecule has 34 heavy (non-hydrogen) atoms. The number of hydrogen-bond donors (Lipinski definition) is 2. The van der Waals surface area contributed by atoms with Crippen LogP contribution in [0.15, 0.2) is 48.5 Å². The summed E-state index contributed by atoms with van der Waals surface area (Å²) in [5.74, 6) is 1.87. The van der Waals surface area contributed by atoms with Gasteiger partial charge in [-0.2, -0.15) is 0 Å². The molecule has 1 amide bonds. The predicted octanol–water partition coefficient (Wildman–Crippen LogP) is 3.61. The molecule has 3 heterocycles. The Morgan fingerprint density at radius 3 is 2.68 bits per heavy atom. The molecule has 2 unspecified atom stereocenters. The first kappa shape index (κ1) is 22.5. The highest BCUT2D eigenvalue weighted by atomic mass is 16.5. The molecule has 0 aliphatic carbocycles. The maximum absolute atomic E-state index is 12.2. The monoisotopic (exact) mass is 460 g/mol. The van der Waals surface area contributed by atoms with Crippen LogP contribution in [0.2, 0.25) is 0 Å². The Morgan fingerprint density at radius 2 is 1.97 bits per heavy atom. The Labute approximate surface area is 200 Å². The normalized spacial score (nSPS) is 21.9. The lowest BCUT2D eigenvalue weighted by molar-refractivity contribution is -0.122. The van der Waals surface area contributed by atoms with E-state index in [1.807, 2.05) is 38.2 Å². The number of fused-ring (bicyclic) bond motifs is 1. The van der Waals surface area contributed by atoms with Crippen LogP contribution in [0.25, 0.3) is 22.2 Å². The largest absolute Gasteiger partial charge is 0.497 e. The van der Waals surface area contributed by atoms with Crippen molar-refractivity contribution in [3.63, 3.8) is 0 Å². The molecule has 2 N–H and O–H groups in total. The Kier molecular flexibility index (Phi) is 6.04. The summed E-state index contributed by atoms with van der Waals surface area (Å²) in [7, 11) is 3.58. The maximum atomic E-state index is 12.2. The van der Waals surface area contributed by atoms with E-state index in [1.54, 1.807) is 7.11 Å². The summed E-state index contributed by atoms with van der Waals surface area (Å²) < 4.78 is 11.2. The van der Waals surface area contributed by atoms with Gasteiger partial charge < -0.3 is 25.0 Å². The molecule has 7 heteroatoms. The van der Waals surface area contributed by atoms with Crippen LogP contribution in [-0.4, -0.2) is 56.8 Å². The molecule has 2 aliphatic heterocycles. The summed E-state index contributed by atoms with van der Waals surface area (Å²) in [6.07, 6.45) is 1.85. The molecule has 1 aromatic heterocycles. The Morgan fingerprint density at radius 1 is 1.18 bits per heavy atom. The standard InChI is InChI=1S/C27H32N4O3/c1-18-16-27(30-26(18)32)10-12-31(17-27)25-15-23(29-24-14-21(33-3)8-9-22(24)25)19-4-6-20(7-5-19)34-13-11-28-2/h4-9,14-15,18,28H,10-13,16-17H2,1-3H3,(H,30,32). The third-order valence-electron chi connectivity index (χ3n) is 6.99. The summed E-state index contributed by atoms with van der Waals surface area (Å²) in [5, 5.41) is 7.46. The molecule has 7 nitrogen and oxygen atoms in total. The smallest absolute Gasteiger partial charge is 0.223 e. The van der Waals surface area contributed by atoms with Crippen molar-refractivity contribution in [1.82, 2.24) is 15.6 Å². The number of benzene rings is 2. The van der Waals surface area contributed by atoms with Crippen LogP contribution in [0, 0.1) is 5.92 Å². The maximum Gasteiger partial charge on any atom is 0.223 e. The fourth-order valence-corrected chi connectivity index (χ4v) is 5.18. The molecular weight excluding hydrogens is 428 g/mol. The number of pyridine rings is 1. The minimum absolute atomic E-state index is 0.0720. The van der Waals surface area contributed by atoms with E-state index in [4.69, 9.17) is 14.5 Å². The van der Waals surface area contributed by atoms with E-state index in [0.717, 1.165) is 71.8 Å². The van der Waals surface area contributed by atoms with E-state index in [0.29, 0.717) is 6.61 Å². The lowest BCUT2D eigenvalue weighted by Gasteiger charge is -2.26. The first-order chi connectivity index (χ1) is 16.5. The van der Waals surface area contributed by atoms with Gasteiger partial charge in [-0.3, -0.25) is 4.79 Å². The number of methoxy groups -OCH3 is 1. The minimum atomic E-state index is -0.134. The van der Waals surface area contributed by atoms with Gasteiger partial charge in [-0.1, -0.05) is 6.92 Å². The van der Waals surface area contributed by atoms with Crippen LogP contribution in [0.1, 0.15) is 19.8 Å². The number of aromatic nitrogens is 1. The molecule has 3 aromatic rings. The Hall–Kier alpha value is -3.32. The quantitative estimate of drug-likeness (QED) is 0.525. The summed E-state index contributed by atoms with van der Waals surface area (Å²) in [4.78, 5) is 19.6. The highest BCUT2D eigenvalue weighted by molar-refractivity contribution is 5.95. The van der Waals surface area contributed by atoms with E-state index in [-0.39, 0.29) is 17.4 Å². The number of nitrogens with one attached hydrogen (secondary N) is 2. The highest BCUT2D eigenvalue weighted by Crippen LogP contribution is 2.39. The number of amides is 1. The molecule has 0 bridgehead atoms. The van der Waals surface area contributed by atoms with Crippen molar-refractivity contribution in [2.75, 3.05) is 45.3 Å². The zero-order valence-corrected chi connectivity index (χ0v) is 20.1. The van der Waals surface area contributed by atoms with Crippen molar-refractivity contribution in [2.45, 2.75) is 25.3 Å². The number of carbonyl (C=O) groups is 1. The van der Waals surface area contributed by atoms with Crippen molar-refractivity contribution in [1.29, 1.82) is 0 Å². The van der Waals surface area contributed by atoms with Crippen molar-refractivity contribution in [3.05, 3.63) is 48.5 Å². The molecule has 178 valence electrons. The van der Waals surface area contributed by atoms with Crippen LogP contribution >= 0.6 is 0 Å². The second-order valence-electron chi connectivity index (χ2n) is 9.43. The number of likely N-dealkylation sites (N-methyl/N-ethyl adjacent to an activating group) is 1. The molecule has 2 saturated heterocycles. The molecule has 1 spiro atoms. The summed E-state index contributed by atoms with van der Waals surface area (Å²) in [5.41, 5.74) is 3.84. The summed E-state index contributed by atoms with van der Waals surface area (Å²) in [6, 6.07) is 16.3. The third kappa shape index (κ3) is 4.28. The van der Waals surface area contributed by atoms with Gasteiger partial charge in [-0.05, 0) is 62.4 Å². The summed E-state index contributed by atoms with van der Waals surface area (Å²) >= 11 is 0. The molecule has 2 aromatic carbocycles. The van der Waals surface area contributed by atoms with E-state index >= 15 is 0 Å². The first-order valence-electron chi connectivity index (χ1n) is 11.9. The van der Waals surface area contributed by atoms with Gasteiger partial charge >= 0.3 is 0 Å². The van der Waals surface area contributed by atoms with E-state index in [9.17, 15) is 4.79 Å². The number of carbonyl (C=O) groups excluding carboxylic acids is 1. The van der Waals surface area contributed by atoms with Gasteiger partial charge in [-0.15, -0.1) is 0 Å². The van der Waals surface area contributed by atoms with Gasteiger partial charge in [0, 0.05) is 48.3 Å². The van der Waals surface area contributed by atoms with Gasteiger partial charge in [-0.25, -0.2) is 4.98 Å². The van der Waals surface area contributed by atoms with Gasteiger partial charge in [0.05, 0.1) is 23.9 Å². The predicted molar refractivity (Wildman–Crippen MR) is 135 cm³/mol. The van der Waals surface area contributed by atoms with Crippen molar-refractivity contribution >= 4 is 22.5 Å². The van der Waals surface area contributed by atoms with E-state index in [2.05, 4.69) is 39.8 Å². The number of hydrogen-bond acceptors (Lipinski definition) is 6. The average molecular weight is 461 g/mol. The van der Waals surface area contributed by atoms with Crippen molar-refractivity contribution < 1.29 is 14.3 Å². The van der Waals surface area contributed by atoms with E-state index in [1.165, 1.54) is 0 Å². The Bertz CT molecular complexity index is 1200. The number of nitrogens with zero attached hydrogens (tertiary/aromatic N) is 2. The molecule has 0 radical (unpaired) electrons. The van der Waals surface area contributed by atoms with Crippen LogP contribution in [0.4, 0.5) is 5.69 Å². The topological polar surface area (TPSA) is 75.7 Å². The number of anilines is 1. The van der Waals surface area contributed by atoms with E-state index < -0.39 is 0 Å². The van der Waals surface area contributed by atoms with Gasteiger partial charge in [0.1, 0.15) is 18.1 Å². The van der Waals surface area contributed by atoms with Gasteiger partial charge in [0.15, 0.2) is 0 Å². The van der Waals surface area contributed by atoms with Crippen LogP contribution in [0.3, 0.4) is 0 Å². The lowest BCUT2D eigenvalue weighted by atomic mass is 9.93. The van der Waals surface area contributed by atoms with Crippen molar-refractivity contribution in [2.24, 2.45) is 5.92 Å². The second-order valence-corrected chi connectivity index (χ2v) is 9.43. The van der Waals surface area contributed by atoms with Crippen LogP contribution < -0.4 is 25.0 Å². The summed E-state index contributed by atoms with van der Waals surface area (Å²) in [6.45, 7) is 5.16. The third-order valence-corrected chi connectivity index (χ3v) is 6.99. The van der Waals surface area contributed by atoms with Crippen molar-refractivity contribution in [3.8, 4) is 22.8 Å². The number of rotatable bonds is 7. The fourth-order valence-electron chi connectivity index (χ4n) is 5.18. The average Bonchev–Trinajstić information content (AvgIpc) is 3.39. The molecule has 2 fully saturated rings. The highest BCUT2D eigenvalue weighted by Gasteiger charge is 2.46. The number of ether oxygens (including phenoxy) is 2.